The van der Waals surface area contributed by atoms with Crippen LogP contribution in [0.5, 0.6) is 28.7 Å². The third-order valence-corrected chi connectivity index (χ3v) is 7.72. The zero-order valence-corrected chi connectivity index (χ0v) is 20.0. The van der Waals surface area contributed by atoms with E-state index in [0.717, 1.165) is 28.2 Å². The van der Waals surface area contributed by atoms with Crippen molar-refractivity contribution in [1.82, 2.24) is 0 Å². The summed E-state index contributed by atoms with van der Waals surface area (Å²) < 4.78 is 33.8. The Morgan fingerprint density at radius 2 is 1.55 bits per heavy atom. The fourth-order valence-corrected chi connectivity index (χ4v) is 6.25. The molecule has 0 amide bonds. The molecule has 0 N–H and O–H groups in total. The third-order valence-electron chi connectivity index (χ3n) is 7.33. The predicted octanol–water partition coefficient (Wildman–Crippen LogP) is 4.14. The second-order valence-corrected chi connectivity index (χ2v) is 9.08. The number of fused-ring (bicyclic) bond motifs is 3. The average molecular weight is 473 g/mol. The SMILES string of the molecule is COc1cc([C@@H]2C(C)c3cc4c(cc3[C@@H](CS)[C@@H]3COC(=O)[C@@H]32)OCO4)cc(OC)c1OC. The molecule has 1 unspecified atom stereocenters. The van der Waals surface area contributed by atoms with Crippen LogP contribution in [0, 0.1) is 11.8 Å². The van der Waals surface area contributed by atoms with Gasteiger partial charge in [-0.2, -0.15) is 12.6 Å². The molecule has 176 valence electrons. The maximum absolute atomic E-state index is 13.2. The molecule has 7 nitrogen and oxygen atoms in total. The van der Waals surface area contributed by atoms with Crippen LogP contribution in [0.4, 0.5) is 0 Å². The molecule has 3 aliphatic rings. The first kappa shape index (κ1) is 22.1. The van der Waals surface area contributed by atoms with Gasteiger partial charge in [0.25, 0.3) is 0 Å². The van der Waals surface area contributed by atoms with E-state index in [0.29, 0.717) is 29.6 Å². The van der Waals surface area contributed by atoms with Crippen molar-refractivity contribution >= 4 is 18.6 Å². The van der Waals surface area contributed by atoms with Crippen LogP contribution in [0.1, 0.15) is 41.4 Å². The first-order valence-corrected chi connectivity index (χ1v) is 11.7. The standard InChI is InChI=1S/C25H28O7S/c1-12-14-7-18-19(32-11-31-18)8-15(14)17(10-33)16-9-30-25(26)23(16)22(12)13-5-20(27-2)24(29-4)21(6-13)28-3/h5-8,12,16-17,22-23,33H,9-11H2,1-4H3/t12?,16-,17+,22-,23-/m0/s1. The second kappa shape index (κ2) is 8.56. The van der Waals surface area contributed by atoms with E-state index in [1.165, 1.54) is 0 Å². The molecule has 0 spiro atoms. The third kappa shape index (κ3) is 3.38. The van der Waals surface area contributed by atoms with Crippen molar-refractivity contribution in [2.24, 2.45) is 11.8 Å². The number of carbonyl (C=O) groups excluding carboxylic acids is 1. The van der Waals surface area contributed by atoms with Crippen LogP contribution < -0.4 is 23.7 Å². The number of benzene rings is 2. The van der Waals surface area contributed by atoms with Crippen molar-refractivity contribution in [3.05, 3.63) is 41.0 Å². The molecular formula is C25H28O7S. The summed E-state index contributed by atoms with van der Waals surface area (Å²) in [6.45, 7) is 2.73. The molecular weight excluding hydrogens is 444 g/mol. The lowest BCUT2D eigenvalue weighted by Gasteiger charge is -2.30. The Balaban J connectivity index is 1.73. The largest absolute Gasteiger partial charge is 0.493 e. The fraction of sp³-hybridized carbons (Fsp3) is 0.480. The van der Waals surface area contributed by atoms with Crippen LogP contribution in [0.15, 0.2) is 24.3 Å². The minimum absolute atomic E-state index is 0.0110. The molecule has 2 aromatic rings. The molecule has 5 atom stereocenters. The quantitative estimate of drug-likeness (QED) is 0.518. The smallest absolute Gasteiger partial charge is 0.310 e. The van der Waals surface area contributed by atoms with E-state index in [4.69, 9.17) is 41.0 Å². The lowest BCUT2D eigenvalue weighted by atomic mass is 9.71. The topological polar surface area (TPSA) is 72.5 Å². The molecule has 1 aliphatic carbocycles. The van der Waals surface area contributed by atoms with Gasteiger partial charge >= 0.3 is 5.97 Å². The highest BCUT2D eigenvalue weighted by molar-refractivity contribution is 7.80. The van der Waals surface area contributed by atoms with Crippen molar-refractivity contribution in [3.63, 3.8) is 0 Å². The fourth-order valence-electron chi connectivity index (χ4n) is 5.78. The normalized spacial score (nSPS) is 27.3. The minimum atomic E-state index is -0.330. The van der Waals surface area contributed by atoms with E-state index in [2.05, 4.69) is 19.1 Å². The highest BCUT2D eigenvalue weighted by Crippen LogP contribution is 2.56. The highest BCUT2D eigenvalue weighted by Gasteiger charge is 2.51. The predicted molar refractivity (Wildman–Crippen MR) is 124 cm³/mol. The van der Waals surface area contributed by atoms with Gasteiger partial charge in [0.05, 0.1) is 33.9 Å². The van der Waals surface area contributed by atoms with Crippen LogP contribution in [-0.2, 0) is 9.53 Å². The summed E-state index contributed by atoms with van der Waals surface area (Å²) in [7, 11) is 4.77. The molecule has 0 radical (unpaired) electrons. The van der Waals surface area contributed by atoms with E-state index in [1.807, 2.05) is 12.1 Å². The summed E-state index contributed by atoms with van der Waals surface area (Å²) in [5.74, 6) is 3.05. The lowest BCUT2D eigenvalue weighted by Crippen LogP contribution is -2.28. The number of thiol groups is 1. The molecule has 0 saturated carbocycles. The molecule has 0 bridgehead atoms. The van der Waals surface area contributed by atoms with Crippen molar-refractivity contribution in [2.75, 3.05) is 40.5 Å². The van der Waals surface area contributed by atoms with E-state index in [-0.39, 0.29) is 42.4 Å². The number of methoxy groups -OCH3 is 3. The molecule has 1 fully saturated rings. The number of cyclic esters (lactones) is 1. The number of carbonyl (C=O) groups is 1. The minimum Gasteiger partial charge on any atom is -0.493 e. The maximum atomic E-state index is 13.2. The van der Waals surface area contributed by atoms with Crippen LogP contribution in [0.2, 0.25) is 0 Å². The first-order chi connectivity index (χ1) is 16.0. The first-order valence-electron chi connectivity index (χ1n) is 11.0. The summed E-state index contributed by atoms with van der Waals surface area (Å²) in [6, 6.07) is 8.01. The molecule has 8 heteroatoms. The van der Waals surface area contributed by atoms with E-state index >= 15 is 0 Å². The van der Waals surface area contributed by atoms with Gasteiger partial charge in [-0.05, 0) is 52.6 Å². The van der Waals surface area contributed by atoms with Crippen LogP contribution >= 0.6 is 12.6 Å². The van der Waals surface area contributed by atoms with E-state index < -0.39 is 0 Å². The molecule has 2 aromatic carbocycles. The summed E-state index contributed by atoms with van der Waals surface area (Å²) in [6.07, 6.45) is 0. The van der Waals surface area contributed by atoms with Crippen molar-refractivity contribution in [3.8, 4) is 28.7 Å². The van der Waals surface area contributed by atoms with Gasteiger partial charge in [0.15, 0.2) is 23.0 Å². The molecule has 33 heavy (non-hydrogen) atoms. The van der Waals surface area contributed by atoms with Crippen LogP contribution in [-0.4, -0.2) is 46.5 Å². The summed E-state index contributed by atoms with van der Waals surface area (Å²) >= 11 is 4.69. The number of rotatable bonds is 5. The maximum Gasteiger partial charge on any atom is 0.310 e. The number of esters is 1. The molecule has 2 heterocycles. The number of hydrogen-bond acceptors (Lipinski definition) is 8. The van der Waals surface area contributed by atoms with Gasteiger partial charge < -0.3 is 28.4 Å². The Kier molecular flexibility index (Phi) is 5.72. The second-order valence-electron chi connectivity index (χ2n) is 8.72. The summed E-state index contributed by atoms with van der Waals surface area (Å²) in [5.41, 5.74) is 3.22. The van der Waals surface area contributed by atoms with Gasteiger partial charge in [-0.15, -0.1) is 0 Å². The van der Waals surface area contributed by atoms with Crippen molar-refractivity contribution in [1.29, 1.82) is 0 Å². The Morgan fingerprint density at radius 3 is 2.12 bits per heavy atom. The Labute approximate surface area is 198 Å². The Morgan fingerprint density at radius 1 is 0.909 bits per heavy atom. The molecule has 1 saturated heterocycles. The molecule has 0 aromatic heterocycles. The van der Waals surface area contributed by atoms with Gasteiger partial charge in [-0.25, -0.2) is 0 Å². The average Bonchev–Trinajstić information content (AvgIpc) is 3.42. The zero-order valence-electron chi connectivity index (χ0n) is 19.1. The Bertz CT molecular complexity index is 1060. The number of ether oxygens (including phenoxy) is 6. The van der Waals surface area contributed by atoms with Gasteiger partial charge in [0.2, 0.25) is 12.5 Å². The number of hydrogen-bond donors (Lipinski definition) is 1. The highest BCUT2D eigenvalue weighted by atomic mass is 32.1. The monoisotopic (exact) mass is 472 g/mol. The van der Waals surface area contributed by atoms with Gasteiger partial charge in [-0.3, -0.25) is 4.79 Å². The summed E-state index contributed by atoms with van der Waals surface area (Å²) in [4.78, 5) is 13.2. The zero-order chi connectivity index (χ0) is 23.3. The lowest BCUT2D eigenvalue weighted by molar-refractivity contribution is -0.142. The van der Waals surface area contributed by atoms with Crippen molar-refractivity contribution < 1.29 is 33.2 Å². The molecule has 2 aliphatic heterocycles. The summed E-state index contributed by atoms with van der Waals surface area (Å²) in [5, 5.41) is 0. The van der Waals surface area contributed by atoms with Gasteiger partial charge in [0.1, 0.15) is 0 Å². The van der Waals surface area contributed by atoms with Crippen LogP contribution in [0.3, 0.4) is 0 Å². The van der Waals surface area contributed by atoms with Gasteiger partial charge in [0, 0.05) is 17.8 Å². The van der Waals surface area contributed by atoms with Gasteiger partial charge in [-0.1, -0.05) is 6.92 Å². The molecule has 5 rings (SSSR count). The van der Waals surface area contributed by atoms with Crippen molar-refractivity contribution in [2.45, 2.75) is 24.7 Å². The van der Waals surface area contributed by atoms with E-state index in [9.17, 15) is 4.79 Å². The Hall–Kier alpha value is -2.74. The van der Waals surface area contributed by atoms with E-state index in [1.54, 1.807) is 21.3 Å². The van der Waals surface area contributed by atoms with Crippen LogP contribution in [0.25, 0.3) is 0 Å².